The van der Waals surface area contributed by atoms with Crippen molar-refractivity contribution in [3.8, 4) is 0 Å². The van der Waals surface area contributed by atoms with E-state index in [1.165, 1.54) is 7.11 Å². The van der Waals surface area contributed by atoms with Gasteiger partial charge in [0, 0.05) is 18.0 Å². The predicted octanol–water partition coefficient (Wildman–Crippen LogP) is 4.63. The Morgan fingerprint density at radius 3 is 2.26 bits per heavy atom. The standard InChI is InChI=1S/C23H27NO3/c1-23(2,22(26)27-3)18-14-15-19(25)20(18)21(16-10-6-4-7-11-16)24-17-12-8-5-9-13-17/h4-13,18,20-21,24H,14-15H2,1-3H3/t18-,20+,21-/m0/s1. The average molecular weight is 365 g/mol. The summed E-state index contributed by atoms with van der Waals surface area (Å²) in [5.74, 6) is -0.437. The lowest BCUT2D eigenvalue weighted by atomic mass is 9.70. The van der Waals surface area contributed by atoms with E-state index in [1.807, 2.05) is 74.5 Å². The summed E-state index contributed by atoms with van der Waals surface area (Å²) >= 11 is 0. The van der Waals surface area contributed by atoms with Crippen LogP contribution in [-0.4, -0.2) is 18.9 Å². The van der Waals surface area contributed by atoms with Crippen molar-refractivity contribution >= 4 is 17.4 Å². The molecule has 1 aliphatic rings. The number of carbonyl (C=O) groups excluding carboxylic acids is 2. The van der Waals surface area contributed by atoms with Crippen molar-refractivity contribution in [1.29, 1.82) is 0 Å². The van der Waals surface area contributed by atoms with Crippen molar-refractivity contribution in [2.45, 2.75) is 32.7 Å². The highest BCUT2D eigenvalue weighted by molar-refractivity contribution is 5.87. The maximum Gasteiger partial charge on any atom is 0.311 e. The molecule has 1 saturated carbocycles. The van der Waals surface area contributed by atoms with Gasteiger partial charge in [-0.15, -0.1) is 0 Å². The highest BCUT2D eigenvalue weighted by Crippen LogP contribution is 2.48. The van der Waals surface area contributed by atoms with Gasteiger partial charge in [-0.1, -0.05) is 48.5 Å². The first-order valence-electron chi connectivity index (χ1n) is 9.43. The third kappa shape index (κ3) is 3.90. The lowest BCUT2D eigenvalue weighted by Gasteiger charge is -2.37. The van der Waals surface area contributed by atoms with E-state index in [-0.39, 0.29) is 29.6 Å². The summed E-state index contributed by atoms with van der Waals surface area (Å²) in [5, 5.41) is 3.55. The second kappa shape index (κ2) is 7.95. The summed E-state index contributed by atoms with van der Waals surface area (Å²) in [7, 11) is 1.41. The molecule has 0 radical (unpaired) electrons. The quantitative estimate of drug-likeness (QED) is 0.758. The molecule has 0 heterocycles. The zero-order valence-electron chi connectivity index (χ0n) is 16.1. The molecule has 0 saturated heterocycles. The minimum atomic E-state index is -0.725. The number of Topliss-reactive ketones (excluding diaryl/α,β-unsaturated/α-hetero) is 1. The number of rotatable bonds is 6. The van der Waals surface area contributed by atoms with Gasteiger partial charge in [0.15, 0.2) is 0 Å². The fraction of sp³-hybridized carbons (Fsp3) is 0.391. The van der Waals surface area contributed by atoms with E-state index in [4.69, 9.17) is 4.74 Å². The number of benzene rings is 2. The summed E-state index contributed by atoms with van der Waals surface area (Å²) < 4.78 is 5.04. The second-order valence-corrected chi connectivity index (χ2v) is 7.75. The molecule has 0 bridgehead atoms. The van der Waals surface area contributed by atoms with Crippen LogP contribution in [-0.2, 0) is 14.3 Å². The maximum absolute atomic E-state index is 13.0. The highest BCUT2D eigenvalue weighted by atomic mass is 16.5. The zero-order valence-corrected chi connectivity index (χ0v) is 16.1. The van der Waals surface area contributed by atoms with Gasteiger partial charge in [0.05, 0.1) is 18.6 Å². The van der Waals surface area contributed by atoms with Gasteiger partial charge in [0.2, 0.25) is 0 Å². The van der Waals surface area contributed by atoms with E-state index >= 15 is 0 Å². The molecule has 3 rings (SSSR count). The average Bonchev–Trinajstić information content (AvgIpc) is 3.09. The predicted molar refractivity (Wildman–Crippen MR) is 106 cm³/mol. The smallest absolute Gasteiger partial charge is 0.311 e. The Hall–Kier alpha value is -2.62. The minimum absolute atomic E-state index is 0.0844. The largest absolute Gasteiger partial charge is 0.469 e. The Morgan fingerprint density at radius 2 is 1.67 bits per heavy atom. The third-order valence-electron chi connectivity index (χ3n) is 5.76. The molecule has 0 aromatic heterocycles. The molecule has 0 amide bonds. The summed E-state index contributed by atoms with van der Waals surface area (Å²) in [6.07, 6.45) is 1.20. The molecule has 1 aliphatic carbocycles. The topological polar surface area (TPSA) is 55.4 Å². The first-order valence-corrected chi connectivity index (χ1v) is 9.43. The van der Waals surface area contributed by atoms with Gasteiger partial charge in [0.25, 0.3) is 0 Å². The summed E-state index contributed by atoms with van der Waals surface area (Å²) in [5.41, 5.74) is 1.28. The van der Waals surface area contributed by atoms with Crippen LogP contribution in [0.3, 0.4) is 0 Å². The van der Waals surface area contributed by atoms with Gasteiger partial charge < -0.3 is 10.1 Å². The van der Waals surface area contributed by atoms with E-state index < -0.39 is 5.41 Å². The number of anilines is 1. The van der Waals surface area contributed by atoms with E-state index in [0.29, 0.717) is 12.8 Å². The van der Waals surface area contributed by atoms with Crippen LogP contribution in [0.15, 0.2) is 60.7 Å². The van der Waals surface area contributed by atoms with E-state index in [2.05, 4.69) is 5.32 Å². The van der Waals surface area contributed by atoms with Gasteiger partial charge in [-0.3, -0.25) is 9.59 Å². The van der Waals surface area contributed by atoms with Crippen molar-refractivity contribution in [3.05, 3.63) is 66.2 Å². The van der Waals surface area contributed by atoms with Crippen LogP contribution >= 0.6 is 0 Å². The second-order valence-electron chi connectivity index (χ2n) is 7.75. The Morgan fingerprint density at radius 1 is 1.07 bits per heavy atom. The van der Waals surface area contributed by atoms with Gasteiger partial charge in [-0.25, -0.2) is 0 Å². The molecule has 4 heteroatoms. The zero-order chi connectivity index (χ0) is 19.4. The number of ether oxygens (including phenoxy) is 1. The molecular weight excluding hydrogens is 338 g/mol. The number of esters is 1. The molecule has 3 atom stereocenters. The number of para-hydroxylation sites is 1. The molecule has 1 N–H and O–H groups in total. The first-order chi connectivity index (χ1) is 12.9. The van der Waals surface area contributed by atoms with E-state index in [0.717, 1.165) is 11.3 Å². The SMILES string of the molecule is COC(=O)C(C)(C)[C@H]1CCC(=O)[C@@H]1[C@@H](Nc1ccccc1)c1ccccc1. The normalized spacial score (nSPS) is 20.9. The van der Waals surface area contributed by atoms with Crippen LogP contribution in [0, 0.1) is 17.3 Å². The van der Waals surface area contributed by atoms with E-state index in [9.17, 15) is 9.59 Å². The van der Waals surface area contributed by atoms with Gasteiger partial charge >= 0.3 is 5.97 Å². The number of methoxy groups -OCH3 is 1. The van der Waals surface area contributed by atoms with Gasteiger partial charge in [0.1, 0.15) is 5.78 Å². The van der Waals surface area contributed by atoms with Crippen LogP contribution < -0.4 is 5.32 Å². The Kier molecular flexibility index (Phi) is 5.64. The lowest BCUT2D eigenvalue weighted by Crippen LogP contribution is -2.40. The maximum atomic E-state index is 13.0. The van der Waals surface area contributed by atoms with Crippen LogP contribution in [0.25, 0.3) is 0 Å². The molecule has 0 aliphatic heterocycles. The van der Waals surface area contributed by atoms with E-state index in [1.54, 1.807) is 0 Å². The van der Waals surface area contributed by atoms with Crippen molar-refractivity contribution in [3.63, 3.8) is 0 Å². The molecule has 1 fully saturated rings. The minimum Gasteiger partial charge on any atom is -0.469 e. The summed E-state index contributed by atoms with van der Waals surface area (Å²) in [6.45, 7) is 3.78. The number of nitrogens with one attached hydrogen (secondary N) is 1. The molecule has 2 aromatic carbocycles. The third-order valence-corrected chi connectivity index (χ3v) is 5.76. The fourth-order valence-corrected chi connectivity index (χ4v) is 4.27. The summed E-state index contributed by atoms with van der Waals surface area (Å²) in [4.78, 5) is 25.4. The van der Waals surface area contributed by atoms with Crippen molar-refractivity contribution in [2.75, 3.05) is 12.4 Å². The van der Waals surface area contributed by atoms with Gasteiger partial charge in [-0.2, -0.15) is 0 Å². The Bertz CT molecular complexity index is 786. The molecule has 2 aromatic rings. The molecule has 0 unspecified atom stereocenters. The molecule has 27 heavy (non-hydrogen) atoms. The molecule has 142 valence electrons. The lowest BCUT2D eigenvalue weighted by molar-refractivity contribution is -0.155. The van der Waals surface area contributed by atoms with Gasteiger partial charge in [-0.05, 0) is 43.9 Å². The molecular formula is C23H27NO3. The Balaban J connectivity index is 2.01. The van der Waals surface area contributed by atoms with Crippen molar-refractivity contribution in [1.82, 2.24) is 0 Å². The van der Waals surface area contributed by atoms with Crippen molar-refractivity contribution in [2.24, 2.45) is 17.3 Å². The number of hydrogen-bond donors (Lipinski definition) is 1. The highest BCUT2D eigenvalue weighted by Gasteiger charge is 2.51. The van der Waals surface area contributed by atoms with Crippen LogP contribution in [0.2, 0.25) is 0 Å². The van der Waals surface area contributed by atoms with Crippen LogP contribution in [0.5, 0.6) is 0 Å². The number of ketones is 1. The van der Waals surface area contributed by atoms with Crippen LogP contribution in [0.4, 0.5) is 5.69 Å². The monoisotopic (exact) mass is 365 g/mol. The molecule has 0 spiro atoms. The summed E-state index contributed by atoms with van der Waals surface area (Å²) in [6, 6.07) is 19.7. The fourth-order valence-electron chi connectivity index (χ4n) is 4.27. The Labute approximate surface area is 160 Å². The first kappa shape index (κ1) is 19.2. The van der Waals surface area contributed by atoms with Crippen molar-refractivity contribution < 1.29 is 14.3 Å². The number of hydrogen-bond acceptors (Lipinski definition) is 4. The van der Waals surface area contributed by atoms with Crippen LogP contribution in [0.1, 0.15) is 38.3 Å². The number of carbonyl (C=O) groups is 2. The molecule has 4 nitrogen and oxygen atoms in total.